The van der Waals surface area contributed by atoms with Gasteiger partial charge in [-0.15, -0.1) is 0 Å². The number of halogens is 1. The van der Waals surface area contributed by atoms with E-state index in [0.717, 1.165) is 26.6 Å². The molecule has 1 amide bonds. The third-order valence-electron chi connectivity index (χ3n) is 3.79. The Hall–Kier alpha value is -1.79. The SMILES string of the molecule is O=C1Nc2ccccc2[C@@]12CN=C(Nc1ccc(Br)cc1)S2. The van der Waals surface area contributed by atoms with Gasteiger partial charge in [0.2, 0.25) is 5.91 Å². The van der Waals surface area contributed by atoms with Crippen LogP contribution < -0.4 is 10.6 Å². The number of nitrogens with zero attached hydrogens (tertiary/aromatic N) is 1. The van der Waals surface area contributed by atoms with Crippen molar-refractivity contribution in [3.05, 3.63) is 58.6 Å². The molecular weight excluding hydrogens is 362 g/mol. The Balaban J connectivity index is 1.59. The van der Waals surface area contributed by atoms with Gasteiger partial charge in [-0.05, 0) is 30.3 Å². The van der Waals surface area contributed by atoms with Crippen molar-refractivity contribution in [2.24, 2.45) is 4.99 Å². The predicted molar refractivity (Wildman–Crippen MR) is 94.4 cm³/mol. The van der Waals surface area contributed by atoms with Crippen LogP contribution in [-0.4, -0.2) is 17.6 Å². The summed E-state index contributed by atoms with van der Waals surface area (Å²) in [7, 11) is 0. The van der Waals surface area contributed by atoms with Crippen molar-refractivity contribution in [2.45, 2.75) is 4.75 Å². The van der Waals surface area contributed by atoms with E-state index in [2.05, 4.69) is 31.6 Å². The average molecular weight is 374 g/mol. The Labute approximate surface area is 140 Å². The molecule has 0 unspecified atom stereocenters. The largest absolute Gasteiger partial charge is 0.335 e. The first-order valence-corrected chi connectivity index (χ1v) is 8.45. The summed E-state index contributed by atoms with van der Waals surface area (Å²) in [5.41, 5.74) is 2.86. The molecule has 0 saturated carbocycles. The minimum absolute atomic E-state index is 0.00931. The Morgan fingerprint density at radius 3 is 2.77 bits per heavy atom. The van der Waals surface area contributed by atoms with Gasteiger partial charge in [-0.2, -0.15) is 0 Å². The highest BCUT2D eigenvalue weighted by Gasteiger charge is 2.51. The van der Waals surface area contributed by atoms with E-state index in [4.69, 9.17) is 0 Å². The lowest BCUT2D eigenvalue weighted by atomic mass is 10.00. The van der Waals surface area contributed by atoms with Crippen molar-refractivity contribution < 1.29 is 4.79 Å². The molecule has 4 rings (SSSR count). The van der Waals surface area contributed by atoms with Crippen LogP contribution in [-0.2, 0) is 9.54 Å². The first-order chi connectivity index (χ1) is 10.7. The Morgan fingerprint density at radius 1 is 1.18 bits per heavy atom. The minimum Gasteiger partial charge on any atom is -0.335 e. The number of rotatable bonds is 1. The molecule has 0 saturated heterocycles. The number of nitrogens with one attached hydrogen (secondary N) is 2. The first-order valence-electron chi connectivity index (χ1n) is 6.84. The van der Waals surface area contributed by atoms with E-state index in [0.29, 0.717) is 6.54 Å². The maximum atomic E-state index is 12.5. The second-order valence-electron chi connectivity index (χ2n) is 5.18. The van der Waals surface area contributed by atoms with E-state index < -0.39 is 4.75 Å². The van der Waals surface area contributed by atoms with Gasteiger partial charge in [0.05, 0.1) is 6.54 Å². The van der Waals surface area contributed by atoms with Gasteiger partial charge in [-0.1, -0.05) is 45.9 Å². The number of para-hydroxylation sites is 1. The van der Waals surface area contributed by atoms with Crippen LogP contribution in [0.2, 0.25) is 0 Å². The molecule has 2 N–H and O–H groups in total. The molecule has 6 heteroatoms. The highest BCUT2D eigenvalue weighted by Crippen LogP contribution is 2.49. The molecule has 0 radical (unpaired) electrons. The third kappa shape index (κ3) is 2.14. The van der Waals surface area contributed by atoms with Crippen LogP contribution in [0.5, 0.6) is 0 Å². The van der Waals surface area contributed by atoms with E-state index in [1.807, 2.05) is 48.5 Å². The Morgan fingerprint density at radius 2 is 1.95 bits per heavy atom. The van der Waals surface area contributed by atoms with Crippen LogP contribution in [0.4, 0.5) is 11.4 Å². The van der Waals surface area contributed by atoms with Crippen LogP contribution in [0.3, 0.4) is 0 Å². The number of benzene rings is 2. The molecule has 1 spiro atoms. The molecule has 2 heterocycles. The second-order valence-corrected chi connectivity index (χ2v) is 7.39. The molecule has 2 aromatic carbocycles. The maximum absolute atomic E-state index is 12.5. The number of carbonyl (C=O) groups excluding carboxylic acids is 1. The number of aliphatic imine (C=N–C) groups is 1. The van der Waals surface area contributed by atoms with E-state index in [1.165, 1.54) is 11.8 Å². The lowest BCUT2D eigenvalue weighted by Crippen LogP contribution is -2.32. The van der Waals surface area contributed by atoms with E-state index >= 15 is 0 Å². The van der Waals surface area contributed by atoms with Crippen molar-refractivity contribution in [1.82, 2.24) is 0 Å². The van der Waals surface area contributed by atoms with Crippen molar-refractivity contribution in [1.29, 1.82) is 0 Å². The average Bonchev–Trinajstić information content (AvgIpc) is 3.06. The van der Waals surface area contributed by atoms with Gasteiger partial charge in [-0.25, -0.2) is 0 Å². The van der Waals surface area contributed by atoms with Gasteiger partial charge in [0, 0.05) is 21.4 Å². The van der Waals surface area contributed by atoms with Crippen LogP contribution in [0.15, 0.2) is 58.0 Å². The first kappa shape index (κ1) is 13.8. The van der Waals surface area contributed by atoms with Crippen LogP contribution in [0.25, 0.3) is 0 Å². The standard InChI is InChI=1S/C16H12BrN3OS/c17-10-5-7-11(8-6-10)19-15-18-9-16(22-15)12-3-1-2-4-13(12)20-14(16)21/h1-8H,9H2,(H,18,19)(H,20,21)/t16-/m0/s1. The zero-order valence-electron chi connectivity index (χ0n) is 11.5. The van der Waals surface area contributed by atoms with Gasteiger partial charge in [0.1, 0.15) is 4.75 Å². The van der Waals surface area contributed by atoms with Gasteiger partial charge in [0.25, 0.3) is 0 Å². The van der Waals surface area contributed by atoms with E-state index in [-0.39, 0.29) is 5.91 Å². The predicted octanol–water partition coefficient (Wildman–Crippen LogP) is 3.81. The molecular formula is C16H12BrN3OS. The molecule has 2 aliphatic heterocycles. The highest BCUT2D eigenvalue weighted by molar-refractivity contribution is 9.10. The Bertz CT molecular complexity index is 790. The number of anilines is 2. The molecule has 110 valence electrons. The molecule has 2 aromatic rings. The maximum Gasteiger partial charge on any atom is 0.247 e. The Kier molecular flexibility index (Phi) is 3.23. The summed E-state index contributed by atoms with van der Waals surface area (Å²) in [6.07, 6.45) is 0. The monoisotopic (exact) mass is 373 g/mol. The zero-order chi connectivity index (χ0) is 15.2. The number of fused-ring (bicyclic) bond motifs is 2. The third-order valence-corrected chi connectivity index (χ3v) is 5.62. The van der Waals surface area contributed by atoms with Crippen molar-refractivity contribution >= 4 is 50.1 Å². The fraction of sp³-hybridized carbons (Fsp3) is 0.125. The topological polar surface area (TPSA) is 53.5 Å². The second kappa shape index (κ2) is 5.14. The normalized spacial score (nSPS) is 22.4. The van der Waals surface area contributed by atoms with Gasteiger partial charge < -0.3 is 10.6 Å². The zero-order valence-corrected chi connectivity index (χ0v) is 13.9. The number of carbonyl (C=O) groups is 1. The lowest BCUT2D eigenvalue weighted by Gasteiger charge is -2.19. The molecule has 0 aliphatic carbocycles. The van der Waals surface area contributed by atoms with Crippen molar-refractivity contribution in [3.8, 4) is 0 Å². The molecule has 0 aromatic heterocycles. The number of hydrogen-bond acceptors (Lipinski definition) is 4. The van der Waals surface area contributed by atoms with Gasteiger partial charge >= 0.3 is 0 Å². The summed E-state index contributed by atoms with van der Waals surface area (Å²) in [6.45, 7) is 0.458. The molecule has 4 nitrogen and oxygen atoms in total. The molecule has 0 fully saturated rings. The van der Waals surface area contributed by atoms with Gasteiger partial charge in [-0.3, -0.25) is 9.79 Å². The van der Waals surface area contributed by atoms with E-state index in [9.17, 15) is 4.79 Å². The fourth-order valence-corrected chi connectivity index (χ4v) is 4.14. The van der Waals surface area contributed by atoms with Crippen molar-refractivity contribution in [3.63, 3.8) is 0 Å². The highest BCUT2D eigenvalue weighted by atomic mass is 79.9. The molecule has 22 heavy (non-hydrogen) atoms. The molecule has 2 aliphatic rings. The van der Waals surface area contributed by atoms with Gasteiger partial charge in [0.15, 0.2) is 5.17 Å². The fourth-order valence-electron chi connectivity index (χ4n) is 2.68. The number of amidine groups is 1. The van der Waals surface area contributed by atoms with Crippen molar-refractivity contribution in [2.75, 3.05) is 17.2 Å². The van der Waals surface area contributed by atoms with Crippen LogP contribution >= 0.6 is 27.7 Å². The summed E-state index contributed by atoms with van der Waals surface area (Å²) < 4.78 is 0.397. The minimum atomic E-state index is -0.631. The lowest BCUT2D eigenvalue weighted by molar-refractivity contribution is -0.117. The van der Waals surface area contributed by atoms with Crippen LogP contribution in [0, 0.1) is 0 Å². The summed E-state index contributed by atoms with van der Waals surface area (Å²) in [5.74, 6) is 0.00931. The summed E-state index contributed by atoms with van der Waals surface area (Å²) >= 11 is 4.90. The molecule has 1 atom stereocenters. The van der Waals surface area contributed by atoms with Crippen LogP contribution in [0.1, 0.15) is 5.56 Å². The number of amides is 1. The quantitative estimate of drug-likeness (QED) is 0.798. The summed E-state index contributed by atoms with van der Waals surface area (Å²) in [6, 6.07) is 15.7. The molecule has 0 bridgehead atoms. The summed E-state index contributed by atoms with van der Waals surface area (Å²) in [5, 5.41) is 7.01. The summed E-state index contributed by atoms with van der Waals surface area (Å²) in [4.78, 5) is 17.0. The smallest absolute Gasteiger partial charge is 0.247 e. The number of thioether (sulfide) groups is 1. The van der Waals surface area contributed by atoms with E-state index in [1.54, 1.807) is 0 Å². The number of hydrogen-bond donors (Lipinski definition) is 2.